The van der Waals surface area contributed by atoms with Crippen LogP contribution in [0.2, 0.25) is 0 Å². The fourth-order valence-corrected chi connectivity index (χ4v) is 6.11. The van der Waals surface area contributed by atoms with Crippen molar-refractivity contribution >= 4 is 5.69 Å². The maximum Gasteiger partial charge on any atom is 0.142 e. The van der Waals surface area contributed by atoms with Gasteiger partial charge in [-0.15, -0.1) is 0 Å². The maximum atomic E-state index is 5.62. The van der Waals surface area contributed by atoms with Gasteiger partial charge in [-0.05, 0) is 63.2 Å². The third-order valence-corrected chi connectivity index (χ3v) is 7.04. The number of nitrogens with one attached hydrogen (secondary N) is 1. The number of methoxy groups -OCH3 is 1. The van der Waals surface area contributed by atoms with Crippen LogP contribution in [0, 0.1) is 11.3 Å². The fourth-order valence-electron chi connectivity index (χ4n) is 6.11. The average Bonchev–Trinajstić information content (AvgIpc) is 2.98. The summed E-state index contributed by atoms with van der Waals surface area (Å²) in [6, 6.07) is 7.79. The predicted molar refractivity (Wildman–Crippen MR) is 93.0 cm³/mol. The quantitative estimate of drug-likeness (QED) is 0.804. The van der Waals surface area contributed by atoms with E-state index in [1.807, 2.05) is 0 Å². The predicted octanol–water partition coefficient (Wildman–Crippen LogP) is 3.46. The Hall–Kier alpha value is -1.48. The second-order valence-corrected chi connectivity index (χ2v) is 7.80. The molecule has 0 aromatic heterocycles. The molecule has 1 N–H and O–H groups in total. The van der Waals surface area contributed by atoms with Crippen molar-refractivity contribution < 1.29 is 4.74 Å². The standard InChI is InChI=1S/C20H26N2O/c1-3-15-13-7-9-22-10-8-20(19(15)22)12-14-5-4-6-16(23-2)18(14)21-17(20)11-13/h3-6,13,17,19,21H,7-12H2,1-2H3/b15-3+/t13-,17-,19-,20+/m1/s1. The van der Waals surface area contributed by atoms with Crippen LogP contribution in [0.5, 0.6) is 5.75 Å². The lowest BCUT2D eigenvalue weighted by Gasteiger charge is -2.57. The number of allylic oxidation sites excluding steroid dienone is 1. The summed E-state index contributed by atoms with van der Waals surface area (Å²) >= 11 is 0. The molecule has 3 nitrogen and oxygen atoms in total. The summed E-state index contributed by atoms with van der Waals surface area (Å²) in [7, 11) is 1.78. The van der Waals surface area contributed by atoms with Crippen LogP contribution >= 0.6 is 0 Å². The van der Waals surface area contributed by atoms with Crippen LogP contribution in [-0.2, 0) is 6.42 Å². The number of nitrogens with zero attached hydrogens (tertiary/aromatic N) is 1. The molecule has 3 heterocycles. The largest absolute Gasteiger partial charge is 0.495 e. The Labute approximate surface area is 138 Å². The molecule has 1 aromatic carbocycles. The first kappa shape index (κ1) is 13.9. The molecule has 122 valence electrons. The van der Waals surface area contributed by atoms with Gasteiger partial charge in [0.2, 0.25) is 0 Å². The van der Waals surface area contributed by atoms with Crippen LogP contribution in [0.15, 0.2) is 29.8 Å². The molecule has 5 rings (SSSR count). The molecule has 2 bridgehead atoms. The lowest BCUT2D eigenvalue weighted by molar-refractivity contribution is 0.0667. The first-order chi connectivity index (χ1) is 11.3. The highest BCUT2D eigenvalue weighted by molar-refractivity contribution is 5.65. The molecule has 1 aliphatic carbocycles. The van der Waals surface area contributed by atoms with E-state index in [2.05, 4.69) is 41.4 Å². The zero-order chi connectivity index (χ0) is 15.6. The number of fused-ring (bicyclic) bond motifs is 2. The number of para-hydroxylation sites is 1. The van der Waals surface area contributed by atoms with E-state index in [-0.39, 0.29) is 0 Å². The van der Waals surface area contributed by atoms with Crippen LogP contribution in [0.3, 0.4) is 0 Å². The first-order valence-electron chi connectivity index (χ1n) is 9.09. The summed E-state index contributed by atoms with van der Waals surface area (Å²) in [4.78, 5) is 2.77. The highest BCUT2D eigenvalue weighted by atomic mass is 16.5. The lowest BCUT2D eigenvalue weighted by Crippen LogP contribution is -2.61. The van der Waals surface area contributed by atoms with Gasteiger partial charge < -0.3 is 10.1 Å². The lowest BCUT2D eigenvalue weighted by atomic mass is 9.56. The molecule has 3 heteroatoms. The minimum Gasteiger partial charge on any atom is -0.495 e. The summed E-state index contributed by atoms with van der Waals surface area (Å²) in [5.41, 5.74) is 4.82. The smallest absolute Gasteiger partial charge is 0.142 e. The summed E-state index contributed by atoms with van der Waals surface area (Å²) < 4.78 is 5.62. The molecule has 0 amide bonds. The molecular weight excluding hydrogens is 284 g/mol. The molecule has 4 atom stereocenters. The molecule has 1 saturated carbocycles. The monoisotopic (exact) mass is 310 g/mol. The zero-order valence-electron chi connectivity index (χ0n) is 14.1. The van der Waals surface area contributed by atoms with Crippen molar-refractivity contribution in [2.24, 2.45) is 11.3 Å². The van der Waals surface area contributed by atoms with Gasteiger partial charge >= 0.3 is 0 Å². The van der Waals surface area contributed by atoms with Gasteiger partial charge in [-0.3, -0.25) is 4.90 Å². The molecule has 4 aliphatic rings. The van der Waals surface area contributed by atoms with Gasteiger partial charge in [0.15, 0.2) is 0 Å². The molecule has 3 aliphatic heterocycles. The van der Waals surface area contributed by atoms with Gasteiger partial charge in [0, 0.05) is 17.5 Å². The third kappa shape index (κ3) is 1.69. The molecule has 23 heavy (non-hydrogen) atoms. The van der Waals surface area contributed by atoms with E-state index in [9.17, 15) is 0 Å². The van der Waals surface area contributed by atoms with E-state index in [4.69, 9.17) is 4.74 Å². The number of benzene rings is 1. The summed E-state index contributed by atoms with van der Waals surface area (Å²) in [5.74, 6) is 1.79. The second-order valence-electron chi connectivity index (χ2n) is 7.80. The SMILES string of the molecule is C/C=C1\[C@@H]2CCN3CC[C@@]4(Cc5cccc(OC)c5N[C@@H]4C2)[C@@H]13. The van der Waals surface area contributed by atoms with Crippen LogP contribution < -0.4 is 10.1 Å². The van der Waals surface area contributed by atoms with E-state index < -0.39 is 0 Å². The van der Waals surface area contributed by atoms with Crippen molar-refractivity contribution in [3.05, 3.63) is 35.4 Å². The van der Waals surface area contributed by atoms with Crippen LogP contribution in [0.25, 0.3) is 0 Å². The maximum absolute atomic E-state index is 5.62. The Balaban J connectivity index is 1.64. The van der Waals surface area contributed by atoms with Gasteiger partial charge in [-0.1, -0.05) is 23.8 Å². The van der Waals surface area contributed by atoms with Gasteiger partial charge in [0.1, 0.15) is 5.75 Å². The van der Waals surface area contributed by atoms with E-state index in [0.29, 0.717) is 17.5 Å². The van der Waals surface area contributed by atoms with Gasteiger partial charge in [0.05, 0.1) is 12.8 Å². The number of rotatable bonds is 1. The Bertz CT molecular complexity index is 682. The van der Waals surface area contributed by atoms with E-state index >= 15 is 0 Å². The molecule has 3 fully saturated rings. The van der Waals surface area contributed by atoms with Crippen molar-refractivity contribution in [3.8, 4) is 5.75 Å². The van der Waals surface area contributed by atoms with Crippen LogP contribution in [-0.4, -0.2) is 37.2 Å². The van der Waals surface area contributed by atoms with Gasteiger partial charge in [0.25, 0.3) is 0 Å². The highest BCUT2D eigenvalue weighted by Gasteiger charge is 2.60. The Kier molecular flexibility index (Phi) is 2.88. The second kappa shape index (κ2) is 4.76. The fraction of sp³-hybridized carbons (Fsp3) is 0.600. The first-order valence-corrected chi connectivity index (χ1v) is 9.09. The summed E-state index contributed by atoms with van der Waals surface area (Å²) in [5, 5.41) is 3.93. The van der Waals surface area contributed by atoms with Crippen molar-refractivity contribution in [2.45, 2.75) is 44.7 Å². The zero-order valence-corrected chi connectivity index (χ0v) is 14.1. The van der Waals surface area contributed by atoms with Gasteiger partial charge in [-0.2, -0.15) is 0 Å². The molecule has 1 aromatic rings. The topological polar surface area (TPSA) is 24.5 Å². The number of anilines is 1. The molecule has 1 spiro atoms. The summed E-state index contributed by atoms with van der Waals surface area (Å²) in [6.07, 6.45) is 7.59. The van der Waals surface area contributed by atoms with E-state index in [1.54, 1.807) is 12.7 Å². The Morgan fingerprint density at radius 1 is 1.35 bits per heavy atom. The number of hydrogen-bond acceptors (Lipinski definition) is 3. The van der Waals surface area contributed by atoms with Crippen molar-refractivity contribution in [2.75, 3.05) is 25.5 Å². The number of piperidine rings is 1. The highest BCUT2D eigenvalue weighted by Crippen LogP contribution is 2.59. The average molecular weight is 310 g/mol. The van der Waals surface area contributed by atoms with Crippen LogP contribution in [0.4, 0.5) is 5.69 Å². The molecule has 0 unspecified atom stereocenters. The Morgan fingerprint density at radius 2 is 2.26 bits per heavy atom. The van der Waals surface area contributed by atoms with Crippen LogP contribution in [0.1, 0.15) is 31.7 Å². The van der Waals surface area contributed by atoms with Gasteiger partial charge in [-0.25, -0.2) is 0 Å². The minimum atomic E-state index is 0.387. The van der Waals surface area contributed by atoms with Crippen molar-refractivity contribution in [1.29, 1.82) is 0 Å². The molecule has 2 saturated heterocycles. The molecule has 0 radical (unpaired) electrons. The number of hydrogen-bond donors (Lipinski definition) is 1. The Morgan fingerprint density at radius 3 is 3.09 bits per heavy atom. The van der Waals surface area contributed by atoms with Crippen molar-refractivity contribution in [1.82, 2.24) is 4.90 Å². The van der Waals surface area contributed by atoms with E-state index in [0.717, 1.165) is 11.7 Å². The summed E-state index contributed by atoms with van der Waals surface area (Å²) in [6.45, 7) is 4.82. The van der Waals surface area contributed by atoms with Crippen molar-refractivity contribution in [3.63, 3.8) is 0 Å². The van der Waals surface area contributed by atoms with E-state index in [1.165, 1.54) is 50.0 Å². The minimum absolute atomic E-state index is 0.387. The molecular formula is C20H26N2O. The normalized spacial score (nSPS) is 39.6. The number of ether oxygens (including phenoxy) is 1. The third-order valence-electron chi connectivity index (χ3n) is 7.04.